The number of aromatic amines is 1. The van der Waals surface area contributed by atoms with E-state index in [1.807, 2.05) is 17.0 Å². The molecule has 0 saturated carbocycles. The molecule has 3 aromatic rings. The van der Waals surface area contributed by atoms with Gasteiger partial charge in [-0.3, -0.25) is 9.69 Å². The van der Waals surface area contributed by atoms with Gasteiger partial charge in [-0.25, -0.2) is 0 Å². The van der Waals surface area contributed by atoms with Crippen LogP contribution in [0.25, 0.3) is 11.0 Å². The SMILES string of the molecule is CNc1nc(Nc2ccc(C(=O)N3CCC(N4CCOCC4)CC3)cc2OC)nc2[nH]cc(Cl)c12. The highest BCUT2D eigenvalue weighted by Crippen LogP contribution is 2.32. The van der Waals surface area contributed by atoms with E-state index >= 15 is 0 Å². The molecule has 2 saturated heterocycles. The van der Waals surface area contributed by atoms with Gasteiger partial charge in [-0.15, -0.1) is 0 Å². The molecule has 0 radical (unpaired) electrons. The molecule has 0 unspecified atom stereocenters. The number of benzene rings is 1. The Balaban J connectivity index is 1.29. The summed E-state index contributed by atoms with van der Waals surface area (Å²) in [7, 11) is 3.36. The maximum Gasteiger partial charge on any atom is 0.253 e. The Bertz CT molecular complexity index is 1200. The number of fused-ring (bicyclic) bond motifs is 1. The lowest BCUT2D eigenvalue weighted by Crippen LogP contribution is -2.50. The second-order valence-corrected chi connectivity index (χ2v) is 9.13. The lowest BCUT2D eigenvalue weighted by atomic mass is 10.0. The average molecular weight is 500 g/mol. The summed E-state index contributed by atoms with van der Waals surface area (Å²) in [6.45, 7) is 5.06. The van der Waals surface area contributed by atoms with Gasteiger partial charge >= 0.3 is 0 Å². The molecule has 2 aliphatic heterocycles. The van der Waals surface area contributed by atoms with Gasteiger partial charge in [-0.05, 0) is 31.0 Å². The number of nitrogens with one attached hydrogen (secondary N) is 3. The van der Waals surface area contributed by atoms with E-state index in [1.165, 1.54) is 0 Å². The van der Waals surface area contributed by atoms with Crippen LogP contribution in [-0.4, -0.2) is 90.3 Å². The Hall–Kier alpha value is -3.08. The standard InChI is InChI=1S/C24H30ClN7O3/c1-26-21-20-17(25)14-27-22(20)30-24(29-21)28-18-4-3-15(13-19(18)34-2)23(33)32-7-5-16(6-8-32)31-9-11-35-12-10-31/h3-4,13-14,16H,5-12H2,1-2H3,(H3,26,27,28,29,30). The van der Waals surface area contributed by atoms with Crippen LogP contribution in [0.1, 0.15) is 23.2 Å². The van der Waals surface area contributed by atoms with Crippen molar-refractivity contribution in [3.63, 3.8) is 0 Å². The summed E-state index contributed by atoms with van der Waals surface area (Å²) >= 11 is 6.24. The lowest BCUT2D eigenvalue weighted by Gasteiger charge is -2.40. The van der Waals surface area contributed by atoms with Crippen LogP contribution in [-0.2, 0) is 4.74 Å². The van der Waals surface area contributed by atoms with Crippen molar-refractivity contribution in [1.29, 1.82) is 0 Å². The number of carbonyl (C=O) groups excluding carboxylic acids is 1. The first-order chi connectivity index (χ1) is 17.1. The van der Waals surface area contributed by atoms with Gasteiger partial charge in [0.05, 0.1) is 36.4 Å². The summed E-state index contributed by atoms with van der Waals surface area (Å²) < 4.78 is 11.1. The number of aromatic nitrogens is 3. The molecule has 4 heterocycles. The first kappa shape index (κ1) is 23.7. The molecular formula is C24H30ClN7O3. The fourth-order valence-electron chi connectivity index (χ4n) is 4.84. The Kier molecular flexibility index (Phi) is 6.94. The number of likely N-dealkylation sites (tertiary alicyclic amines) is 1. The van der Waals surface area contributed by atoms with Crippen molar-refractivity contribution in [2.75, 3.05) is 64.2 Å². The number of anilines is 3. The number of hydrogen-bond donors (Lipinski definition) is 3. The third-order valence-corrected chi connectivity index (χ3v) is 7.03. The largest absolute Gasteiger partial charge is 0.495 e. The number of carbonyl (C=O) groups is 1. The van der Waals surface area contributed by atoms with Crippen molar-refractivity contribution in [3.8, 4) is 5.75 Å². The molecule has 0 aliphatic carbocycles. The van der Waals surface area contributed by atoms with Gasteiger partial charge in [0, 0.05) is 51.0 Å². The zero-order valence-corrected chi connectivity index (χ0v) is 20.7. The van der Waals surface area contributed by atoms with Gasteiger partial charge in [0.1, 0.15) is 17.2 Å². The van der Waals surface area contributed by atoms with Crippen LogP contribution in [0.15, 0.2) is 24.4 Å². The van der Waals surface area contributed by atoms with E-state index in [0.29, 0.717) is 45.5 Å². The van der Waals surface area contributed by atoms with Gasteiger partial charge in [0.2, 0.25) is 5.95 Å². The molecule has 0 spiro atoms. The van der Waals surface area contributed by atoms with E-state index in [0.717, 1.165) is 57.6 Å². The molecule has 2 aliphatic rings. The molecule has 186 valence electrons. The smallest absolute Gasteiger partial charge is 0.253 e. The molecule has 11 heteroatoms. The van der Waals surface area contributed by atoms with Gasteiger partial charge < -0.3 is 30.0 Å². The molecule has 2 aromatic heterocycles. The Morgan fingerprint density at radius 2 is 1.97 bits per heavy atom. The molecule has 1 aromatic carbocycles. The Morgan fingerprint density at radius 1 is 1.20 bits per heavy atom. The predicted molar refractivity (Wildman–Crippen MR) is 136 cm³/mol. The molecule has 10 nitrogen and oxygen atoms in total. The zero-order chi connectivity index (χ0) is 24.4. The van der Waals surface area contributed by atoms with Crippen LogP contribution in [0.4, 0.5) is 17.5 Å². The number of hydrogen-bond acceptors (Lipinski definition) is 8. The number of nitrogens with zero attached hydrogens (tertiary/aromatic N) is 4. The summed E-state index contributed by atoms with van der Waals surface area (Å²) in [5.74, 6) is 1.54. The average Bonchev–Trinajstić information content (AvgIpc) is 3.29. The highest BCUT2D eigenvalue weighted by Gasteiger charge is 2.28. The minimum Gasteiger partial charge on any atom is -0.495 e. The lowest BCUT2D eigenvalue weighted by molar-refractivity contribution is 0.00159. The van der Waals surface area contributed by atoms with Crippen molar-refractivity contribution in [1.82, 2.24) is 24.8 Å². The number of H-pyrrole nitrogens is 1. The maximum atomic E-state index is 13.2. The van der Waals surface area contributed by atoms with Crippen molar-refractivity contribution in [2.45, 2.75) is 18.9 Å². The van der Waals surface area contributed by atoms with E-state index in [-0.39, 0.29) is 5.91 Å². The third kappa shape index (κ3) is 4.86. The quantitative estimate of drug-likeness (QED) is 0.474. The van der Waals surface area contributed by atoms with Crippen LogP contribution < -0.4 is 15.4 Å². The zero-order valence-electron chi connectivity index (χ0n) is 19.9. The number of ether oxygens (including phenoxy) is 2. The van der Waals surface area contributed by atoms with Gasteiger partial charge in [0.15, 0.2) is 0 Å². The van der Waals surface area contributed by atoms with Gasteiger partial charge in [-0.2, -0.15) is 9.97 Å². The minimum atomic E-state index is 0.0199. The highest BCUT2D eigenvalue weighted by molar-refractivity contribution is 6.36. The molecule has 3 N–H and O–H groups in total. The summed E-state index contributed by atoms with van der Waals surface area (Å²) in [6.07, 6.45) is 3.65. The Labute approximate surface area is 208 Å². The molecule has 0 atom stereocenters. The van der Waals surface area contributed by atoms with Crippen molar-refractivity contribution < 1.29 is 14.3 Å². The number of halogens is 1. The van der Waals surface area contributed by atoms with Crippen LogP contribution in [0, 0.1) is 0 Å². The third-order valence-electron chi connectivity index (χ3n) is 6.73. The van der Waals surface area contributed by atoms with Crippen LogP contribution >= 0.6 is 11.6 Å². The second kappa shape index (κ2) is 10.3. The summed E-state index contributed by atoms with van der Waals surface area (Å²) in [5.41, 5.74) is 1.87. The monoisotopic (exact) mass is 499 g/mol. The molecular weight excluding hydrogens is 470 g/mol. The normalized spacial score (nSPS) is 17.5. The summed E-state index contributed by atoms with van der Waals surface area (Å²) in [6, 6.07) is 5.92. The minimum absolute atomic E-state index is 0.0199. The number of methoxy groups -OCH3 is 1. The first-order valence-electron chi connectivity index (χ1n) is 11.9. The number of amides is 1. The number of piperidine rings is 1. The van der Waals surface area contributed by atoms with E-state index in [9.17, 15) is 4.79 Å². The van der Waals surface area contributed by atoms with Gasteiger partial charge in [-0.1, -0.05) is 11.6 Å². The van der Waals surface area contributed by atoms with Crippen LogP contribution in [0.5, 0.6) is 5.75 Å². The topological polar surface area (TPSA) is 108 Å². The maximum absolute atomic E-state index is 13.2. The van der Waals surface area contributed by atoms with Gasteiger partial charge in [0.25, 0.3) is 5.91 Å². The second-order valence-electron chi connectivity index (χ2n) is 8.72. The molecule has 5 rings (SSSR count). The van der Waals surface area contributed by atoms with E-state index in [4.69, 9.17) is 21.1 Å². The highest BCUT2D eigenvalue weighted by atomic mass is 35.5. The summed E-state index contributed by atoms with van der Waals surface area (Å²) in [4.78, 5) is 29.7. The van der Waals surface area contributed by atoms with Crippen LogP contribution in [0.3, 0.4) is 0 Å². The fourth-order valence-corrected chi connectivity index (χ4v) is 5.07. The molecule has 35 heavy (non-hydrogen) atoms. The Morgan fingerprint density at radius 3 is 2.69 bits per heavy atom. The molecule has 1 amide bonds. The van der Waals surface area contributed by atoms with Crippen molar-refractivity contribution in [2.24, 2.45) is 0 Å². The number of morpholine rings is 1. The predicted octanol–water partition coefficient (Wildman–Crippen LogP) is 3.34. The van der Waals surface area contributed by atoms with E-state index in [1.54, 1.807) is 26.4 Å². The van der Waals surface area contributed by atoms with E-state index < -0.39 is 0 Å². The number of rotatable bonds is 6. The first-order valence-corrected chi connectivity index (χ1v) is 12.2. The molecule has 0 bridgehead atoms. The van der Waals surface area contributed by atoms with Crippen molar-refractivity contribution in [3.05, 3.63) is 35.0 Å². The fraction of sp³-hybridized carbons (Fsp3) is 0.458. The van der Waals surface area contributed by atoms with E-state index in [2.05, 4.69) is 30.5 Å². The molecule has 2 fully saturated rings. The van der Waals surface area contributed by atoms with Crippen LogP contribution in [0.2, 0.25) is 5.02 Å². The summed E-state index contributed by atoms with van der Waals surface area (Å²) in [5, 5.41) is 7.52. The van der Waals surface area contributed by atoms with Crippen molar-refractivity contribution >= 4 is 46.0 Å².